The minimum atomic E-state index is 0.00441. The number of carbonyl (C=O) groups is 2. The van der Waals surface area contributed by atoms with Crippen LogP contribution in [0.2, 0.25) is 0 Å². The van der Waals surface area contributed by atoms with Crippen molar-refractivity contribution in [2.75, 3.05) is 18.4 Å². The van der Waals surface area contributed by atoms with Crippen molar-refractivity contribution in [1.82, 2.24) is 9.88 Å². The molecule has 1 aromatic carbocycles. The van der Waals surface area contributed by atoms with Crippen LogP contribution in [0.3, 0.4) is 0 Å². The van der Waals surface area contributed by atoms with Crippen molar-refractivity contribution in [2.45, 2.75) is 32.1 Å². The van der Waals surface area contributed by atoms with Gasteiger partial charge in [0.15, 0.2) is 0 Å². The second kappa shape index (κ2) is 8.86. The standard InChI is InChI=1S/C24H25N3O2/c28-22-10-9-21-16-20(17-25-24(21)26-22)8-11-23(29)27-14-12-19(13-15-27)7-6-18-4-2-1-3-5-18/h1-5,8,11-12,16-17H,6-7,9-10,13-15H2,(H,25,26,28). The summed E-state index contributed by atoms with van der Waals surface area (Å²) in [5.41, 5.74) is 4.68. The molecule has 2 aliphatic heterocycles. The Morgan fingerprint density at radius 3 is 2.79 bits per heavy atom. The predicted octanol–water partition coefficient (Wildman–Crippen LogP) is 3.77. The first-order chi connectivity index (χ1) is 14.2. The number of fused-ring (bicyclic) bond motifs is 1. The molecule has 2 aliphatic rings. The van der Waals surface area contributed by atoms with E-state index in [2.05, 4.69) is 40.6 Å². The summed E-state index contributed by atoms with van der Waals surface area (Å²) < 4.78 is 0. The van der Waals surface area contributed by atoms with Crippen LogP contribution in [0.25, 0.3) is 6.08 Å². The van der Waals surface area contributed by atoms with Gasteiger partial charge in [0, 0.05) is 31.8 Å². The van der Waals surface area contributed by atoms with Crippen LogP contribution in [-0.2, 0) is 22.4 Å². The molecule has 0 unspecified atom stereocenters. The Labute approximate surface area is 171 Å². The first kappa shape index (κ1) is 19.1. The van der Waals surface area contributed by atoms with Gasteiger partial charge in [0.05, 0.1) is 0 Å². The van der Waals surface area contributed by atoms with Crippen LogP contribution in [0.5, 0.6) is 0 Å². The van der Waals surface area contributed by atoms with E-state index in [1.54, 1.807) is 18.3 Å². The maximum Gasteiger partial charge on any atom is 0.246 e. The summed E-state index contributed by atoms with van der Waals surface area (Å²) in [5, 5.41) is 2.77. The summed E-state index contributed by atoms with van der Waals surface area (Å²) in [6.45, 7) is 1.43. The molecule has 0 atom stereocenters. The van der Waals surface area contributed by atoms with Crippen LogP contribution in [0, 0.1) is 0 Å². The number of aromatic nitrogens is 1. The number of nitrogens with one attached hydrogen (secondary N) is 1. The third kappa shape index (κ3) is 4.99. The largest absolute Gasteiger partial charge is 0.335 e. The quantitative estimate of drug-likeness (QED) is 0.627. The summed E-state index contributed by atoms with van der Waals surface area (Å²) in [6.07, 6.45) is 11.5. The lowest BCUT2D eigenvalue weighted by Gasteiger charge is -2.25. The zero-order valence-electron chi connectivity index (χ0n) is 16.4. The molecular formula is C24H25N3O2. The lowest BCUT2D eigenvalue weighted by atomic mass is 9.99. The topological polar surface area (TPSA) is 62.3 Å². The molecule has 5 nitrogen and oxygen atoms in total. The van der Waals surface area contributed by atoms with Crippen LogP contribution in [0.1, 0.15) is 36.0 Å². The Bertz CT molecular complexity index is 963. The Hall–Kier alpha value is -3.21. The minimum Gasteiger partial charge on any atom is -0.335 e. The van der Waals surface area contributed by atoms with Crippen molar-refractivity contribution in [1.29, 1.82) is 0 Å². The lowest BCUT2D eigenvalue weighted by molar-refractivity contribution is -0.125. The molecule has 29 heavy (non-hydrogen) atoms. The highest BCUT2D eigenvalue weighted by Crippen LogP contribution is 2.22. The third-order valence-electron chi connectivity index (χ3n) is 5.48. The molecule has 0 spiro atoms. The van der Waals surface area contributed by atoms with Crippen LogP contribution in [-0.4, -0.2) is 34.8 Å². The van der Waals surface area contributed by atoms with E-state index in [4.69, 9.17) is 0 Å². The number of hydrogen-bond donors (Lipinski definition) is 1. The normalized spacial score (nSPS) is 16.3. The average Bonchev–Trinajstić information content (AvgIpc) is 2.77. The molecule has 0 radical (unpaired) electrons. The monoisotopic (exact) mass is 387 g/mol. The predicted molar refractivity (Wildman–Crippen MR) is 114 cm³/mol. The average molecular weight is 387 g/mol. The van der Waals surface area contributed by atoms with E-state index in [1.807, 2.05) is 17.0 Å². The van der Waals surface area contributed by atoms with Crippen molar-refractivity contribution < 1.29 is 9.59 Å². The van der Waals surface area contributed by atoms with Gasteiger partial charge in [0.1, 0.15) is 5.82 Å². The van der Waals surface area contributed by atoms with Gasteiger partial charge in [-0.15, -0.1) is 0 Å². The smallest absolute Gasteiger partial charge is 0.246 e. The highest BCUT2D eigenvalue weighted by Gasteiger charge is 2.17. The second-order valence-corrected chi connectivity index (χ2v) is 7.54. The summed E-state index contributed by atoms with van der Waals surface area (Å²) in [4.78, 5) is 30.1. The van der Waals surface area contributed by atoms with Crippen LogP contribution in [0.4, 0.5) is 5.82 Å². The molecule has 5 heteroatoms. The number of carbonyl (C=O) groups excluding carboxylic acids is 2. The number of pyridine rings is 1. The van der Waals surface area contributed by atoms with Gasteiger partial charge in [-0.05, 0) is 54.5 Å². The highest BCUT2D eigenvalue weighted by atomic mass is 16.2. The first-order valence-corrected chi connectivity index (χ1v) is 10.1. The molecule has 1 N–H and O–H groups in total. The molecule has 4 rings (SSSR count). The highest BCUT2D eigenvalue weighted by molar-refractivity contribution is 5.94. The SMILES string of the molecule is O=C1CCc2cc(C=CC(=O)N3CC=C(CCc4ccccc4)CC3)cnc2N1. The van der Waals surface area contributed by atoms with Crippen LogP contribution in [0.15, 0.2) is 60.3 Å². The summed E-state index contributed by atoms with van der Waals surface area (Å²) in [7, 11) is 0. The van der Waals surface area contributed by atoms with Gasteiger partial charge in [0.2, 0.25) is 11.8 Å². The molecule has 0 fully saturated rings. The number of rotatable bonds is 5. The Morgan fingerprint density at radius 2 is 2.00 bits per heavy atom. The van der Waals surface area contributed by atoms with Crippen molar-refractivity contribution in [3.63, 3.8) is 0 Å². The summed E-state index contributed by atoms with van der Waals surface area (Å²) in [6, 6.07) is 12.5. The van der Waals surface area contributed by atoms with Crippen LogP contribution < -0.4 is 5.32 Å². The maximum absolute atomic E-state index is 12.5. The van der Waals surface area contributed by atoms with E-state index in [0.717, 1.165) is 36.9 Å². The van der Waals surface area contributed by atoms with E-state index in [0.29, 0.717) is 25.2 Å². The van der Waals surface area contributed by atoms with Gasteiger partial charge < -0.3 is 10.2 Å². The van der Waals surface area contributed by atoms with Gasteiger partial charge in [0.25, 0.3) is 0 Å². The molecular weight excluding hydrogens is 362 g/mol. The van der Waals surface area contributed by atoms with E-state index >= 15 is 0 Å². The molecule has 0 bridgehead atoms. The van der Waals surface area contributed by atoms with E-state index in [-0.39, 0.29) is 11.8 Å². The Morgan fingerprint density at radius 1 is 1.14 bits per heavy atom. The second-order valence-electron chi connectivity index (χ2n) is 7.54. The Kier molecular flexibility index (Phi) is 5.84. The number of benzene rings is 1. The number of anilines is 1. The molecule has 0 aliphatic carbocycles. The van der Waals surface area contributed by atoms with E-state index in [1.165, 1.54) is 11.1 Å². The van der Waals surface area contributed by atoms with Gasteiger partial charge in [-0.3, -0.25) is 9.59 Å². The molecule has 2 aromatic rings. The molecule has 2 amide bonds. The van der Waals surface area contributed by atoms with Crippen molar-refractivity contribution in [2.24, 2.45) is 0 Å². The summed E-state index contributed by atoms with van der Waals surface area (Å²) in [5.74, 6) is 0.660. The molecule has 0 saturated carbocycles. The van der Waals surface area contributed by atoms with E-state index < -0.39 is 0 Å². The molecule has 148 valence electrons. The van der Waals surface area contributed by atoms with Gasteiger partial charge in [-0.25, -0.2) is 4.98 Å². The number of nitrogens with zero attached hydrogens (tertiary/aromatic N) is 2. The van der Waals surface area contributed by atoms with Crippen molar-refractivity contribution in [3.8, 4) is 0 Å². The van der Waals surface area contributed by atoms with Gasteiger partial charge in [-0.2, -0.15) is 0 Å². The molecule has 0 saturated heterocycles. The number of hydrogen-bond acceptors (Lipinski definition) is 3. The zero-order chi connectivity index (χ0) is 20.1. The van der Waals surface area contributed by atoms with Crippen molar-refractivity contribution >= 4 is 23.7 Å². The Balaban J connectivity index is 1.30. The van der Waals surface area contributed by atoms with Gasteiger partial charge in [-0.1, -0.05) is 42.0 Å². The summed E-state index contributed by atoms with van der Waals surface area (Å²) >= 11 is 0. The number of aryl methyl sites for hydroxylation is 2. The molecule has 1 aromatic heterocycles. The van der Waals surface area contributed by atoms with Crippen molar-refractivity contribution in [3.05, 3.63) is 77.0 Å². The lowest BCUT2D eigenvalue weighted by Crippen LogP contribution is -2.33. The van der Waals surface area contributed by atoms with E-state index in [9.17, 15) is 9.59 Å². The third-order valence-corrected chi connectivity index (χ3v) is 5.48. The zero-order valence-corrected chi connectivity index (χ0v) is 16.4. The molecule has 3 heterocycles. The maximum atomic E-state index is 12.5. The fourth-order valence-electron chi connectivity index (χ4n) is 3.73. The van der Waals surface area contributed by atoms with Crippen LogP contribution >= 0.6 is 0 Å². The minimum absolute atomic E-state index is 0.00441. The first-order valence-electron chi connectivity index (χ1n) is 10.1. The van der Waals surface area contributed by atoms with Gasteiger partial charge >= 0.3 is 0 Å². The fraction of sp³-hybridized carbons (Fsp3) is 0.292. The number of amides is 2. The fourth-order valence-corrected chi connectivity index (χ4v) is 3.73.